The Balaban J connectivity index is 0.000000137. The van der Waals surface area contributed by atoms with Gasteiger partial charge in [0.2, 0.25) is 5.89 Å². The summed E-state index contributed by atoms with van der Waals surface area (Å²) in [6.45, 7) is 3.46. The molecule has 0 radical (unpaired) electrons. The minimum atomic E-state index is -0.253. The van der Waals surface area contributed by atoms with Crippen LogP contribution < -0.4 is 9.80 Å². The first-order valence-electron chi connectivity index (χ1n) is 11.8. The Labute approximate surface area is 210 Å². The molecule has 4 aliphatic rings. The van der Waals surface area contributed by atoms with Crippen LogP contribution in [-0.4, -0.2) is 57.7 Å². The van der Waals surface area contributed by atoms with Gasteiger partial charge in [0.05, 0.1) is 0 Å². The van der Waals surface area contributed by atoms with E-state index in [0.717, 1.165) is 32.0 Å². The molecular weight excluding hydrogens is 492 g/mol. The van der Waals surface area contributed by atoms with Gasteiger partial charge < -0.3 is 19.5 Å². The van der Waals surface area contributed by atoms with Gasteiger partial charge in [-0.2, -0.15) is 4.98 Å². The van der Waals surface area contributed by atoms with Crippen LogP contribution in [0.1, 0.15) is 17.6 Å². The van der Waals surface area contributed by atoms with Crippen molar-refractivity contribution in [2.45, 2.75) is 11.8 Å². The van der Waals surface area contributed by atoms with Gasteiger partial charge in [0.1, 0.15) is 29.2 Å². The molecule has 2 unspecified atom stereocenters. The lowest BCUT2D eigenvalue weighted by Crippen LogP contribution is -2.25. The number of halogens is 3. The number of oxime groups is 1. The maximum Gasteiger partial charge on any atom is 0.241 e. The summed E-state index contributed by atoms with van der Waals surface area (Å²) < 4.78 is 31.2. The molecule has 0 bridgehead atoms. The van der Waals surface area contributed by atoms with E-state index in [9.17, 15) is 8.78 Å². The third kappa shape index (κ3) is 4.36. The lowest BCUT2D eigenvalue weighted by Gasteiger charge is -2.20. The highest BCUT2D eigenvalue weighted by atomic mass is 35.5. The molecule has 2 aliphatic heterocycles. The third-order valence-corrected chi connectivity index (χ3v) is 7.88. The molecule has 3 aromatic rings. The molecule has 12 heteroatoms. The number of piperidine rings is 2. The lowest BCUT2D eigenvalue weighted by atomic mass is 10.2. The zero-order valence-electron chi connectivity index (χ0n) is 19.2. The Kier molecular flexibility index (Phi) is 5.94. The number of alkyl halides is 1. The topological polar surface area (TPSA) is 104 Å². The van der Waals surface area contributed by atoms with E-state index in [4.69, 9.17) is 21.3 Å². The van der Waals surface area contributed by atoms with Gasteiger partial charge in [0.15, 0.2) is 5.82 Å². The number of nitrogens with zero attached hydrogens (tertiary/aromatic N) is 7. The van der Waals surface area contributed by atoms with E-state index in [-0.39, 0.29) is 17.5 Å². The number of pyridine rings is 2. The van der Waals surface area contributed by atoms with Crippen molar-refractivity contribution in [2.24, 2.45) is 34.7 Å². The van der Waals surface area contributed by atoms with Crippen molar-refractivity contribution in [3.05, 3.63) is 60.0 Å². The zero-order valence-corrected chi connectivity index (χ0v) is 19.9. The smallest absolute Gasteiger partial charge is 0.241 e. The van der Waals surface area contributed by atoms with Crippen molar-refractivity contribution in [2.75, 3.05) is 36.0 Å². The van der Waals surface area contributed by atoms with E-state index in [2.05, 4.69) is 35.1 Å². The molecule has 0 amide bonds. The van der Waals surface area contributed by atoms with E-state index >= 15 is 0 Å². The number of hydrogen-bond donors (Lipinski definition) is 1. The van der Waals surface area contributed by atoms with Crippen LogP contribution in [0.15, 0.2) is 46.3 Å². The Hall–Kier alpha value is -3.34. The second-order valence-corrected chi connectivity index (χ2v) is 9.94. The Morgan fingerprint density at radius 3 is 2.00 bits per heavy atom. The van der Waals surface area contributed by atoms with Crippen molar-refractivity contribution in [1.82, 2.24) is 20.1 Å². The summed E-state index contributed by atoms with van der Waals surface area (Å²) in [5, 5.41) is 15.5. The van der Waals surface area contributed by atoms with Crippen molar-refractivity contribution < 1.29 is 18.5 Å². The standard InChI is InChI=1S/C13H12ClFN4O.C11H12FN3O/c14-4-11-17-13(18-20-11)12-8-5-19(6-9(8)12)10-3-7(15)1-2-16-10;12-7-1-2-13-11(3-7)15-5-9-8(4-14-16)10(9)6-15/h1-3,8-9,12H,4-6H2;1-4,8-10,16H,5-6H2/b;14-4+/t8-,9+,12?;8?,9-,10+. The molecule has 0 spiro atoms. The first kappa shape index (κ1) is 23.1. The van der Waals surface area contributed by atoms with Gasteiger partial charge in [-0.15, -0.1) is 16.8 Å². The average Bonchev–Trinajstić information content (AvgIpc) is 3.43. The van der Waals surface area contributed by atoms with Crippen molar-refractivity contribution in [1.29, 1.82) is 0 Å². The van der Waals surface area contributed by atoms with Crippen LogP contribution in [-0.2, 0) is 5.88 Å². The van der Waals surface area contributed by atoms with E-state index in [1.165, 1.54) is 36.7 Å². The summed E-state index contributed by atoms with van der Waals surface area (Å²) in [6.07, 6.45) is 4.59. The van der Waals surface area contributed by atoms with Crippen LogP contribution in [0.3, 0.4) is 0 Å². The van der Waals surface area contributed by atoms with Crippen molar-refractivity contribution >= 4 is 29.5 Å². The maximum atomic E-state index is 13.2. The largest absolute Gasteiger partial charge is 0.411 e. The van der Waals surface area contributed by atoms with E-state index < -0.39 is 0 Å². The quantitative estimate of drug-likeness (QED) is 0.238. The molecule has 7 rings (SSSR count). The van der Waals surface area contributed by atoms with Crippen molar-refractivity contribution in [3.8, 4) is 0 Å². The highest BCUT2D eigenvalue weighted by Gasteiger charge is 2.59. The number of fused-ring (bicyclic) bond motifs is 2. The van der Waals surface area contributed by atoms with E-state index in [0.29, 0.717) is 53.0 Å². The van der Waals surface area contributed by atoms with Gasteiger partial charge in [-0.1, -0.05) is 5.16 Å². The molecular formula is C24H24ClF2N7O2. The Morgan fingerprint density at radius 2 is 1.53 bits per heavy atom. The van der Waals surface area contributed by atoms with Crippen LogP contribution in [0.2, 0.25) is 0 Å². The summed E-state index contributed by atoms with van der Waals surface area (Å²) in [5.41, 5.74) is 0. The molecule has 188 valence electrons. The second kappa shape index (κ2) is 9.27. The van der Waals surface area contributed by atoms with Gasteiger partial charge in [-0.25, -0.2) is 18.7 Å². The predicted octanol–water partition coefficient (Wildman–Crippen LogP) is 3.56. The van der Waals surface area contributed by atoms with Crippen LogP contribution >= 0.6 is 11.6 Å². The molecule has 2 saturated heterocycles. The first-order chi connectivity index (χ1) is 17.6. The molecule has 2 saturated carbocycles. The van der Waals surface area contributed by atoms with Gasteiger partial charge in [-0.05, 0) is 35.8 Å². The number of anilines is 2. The fourth-order valence-corrected chi connectivity index (χ4v) is 5.85. The van der Waals surface area contributed by atoms with Crippen molar-refractivity contribution in [3.63, 3.8) is 0 Å². The molecule has 36 heavy (non-hydrogen) atoms. The van der Waals surface area contributed by atoms with Gasteiger partial charge >= 0.3 is 0 Å². The molecule has 1 N–H and O–H groups in total. The molecule has 2 aliphatic carbocycles. The normalized spacial score (nSPS) is 29.6. The molecule has 3 aromatic heterocycles. The lowest BCUT2D eigenvalue weighted by molar-refractivity contribution is 0.319. The first-order valence-corrected chi connectivity index (χ1v) is 12.4. The van der Waals surface area contributed by atoms with Gasteiger partial charge in [0.25, 0.3) is 0 Å². The highest BCUT2D eigenvalue weighted by Crippen LogP contribution is 2.57. The second-order valence-electron chi connectivity index (χ2n) is 9.68. The molecule has 6 atom stereocenters. The molecule has 5 heterocycles. The Morgan fingerprint density at radius 1 is 0.972 bits per heavy atom. The summed E-state index contributed by atoms with van der Waals surface area (Å²) in [5.74, 6) is 5.19. The van der Waals surface area contributed by atoms with Crippen LogP contribution in [0.25, 0.3) is 0 Å². The third-order valence-electron chi connectivity index (χ3n) is 7.65. The summed E-state index contributed by atoms with van der Waals surface area (Å²) in [7, 11) is 0. The zero-order chi connectivity index (χ0) is 24.8. The molecule has 0 aromatic carbocycles. The van der Waals surface area contributed by atoms with E-state index in [1.807, 2.05) is 0 Å². The fraction of sp³-hybridized carbons (Fsp3) is 0.458. The minimum Gasteiger partial charge on any atom is -0.411 e. The molecule has 9 nitrogen and oxygen atoms in total. The average molecular weight is 516 g/mol. The van der Waals surface area contributed by atoms with E-state index in [1.54, 1.807) is 6.21 Å². The number of aromatic nitrogens is 4. The number of hydrogen-bond acceptors (Lipinski definition) is 9. The van der Waals surface area contributed by atoms with Crippen LogP contribution in [0.4, 0.5) is 20.4 Å². The summed E-state index contributed by atoms with van der Waals surface area (Å²) in [4.78, 5) is 16.8. The highest BCUT2D eigenvalue weighted by molar-refractivity contribution is 6.16. The summed E-state index contributed by atoms with van der Waals surface area (Å²) >= 11 is 5.66. The summed E-state index contributed by atoms with van der Waals surface area (Å²) in [6, 6.07) is 5.64. The van der Waals surface area contributed by atoms with Crippen LogP contribution in [0.5, 0.6) is 0 Å². The fourth-order valence-electron chi connectivity index (χ4n) is 5.74. The van der Waals surface area contributed by atoms with Crippen LogP contribution in [0, 0.1) is 41.2 Å². The van der Waals surface area contributed by atoms with Gasteiger partial charge in [-0.3, -0.25) is 0 Å². The predicted molar refractivity (Wildman–Crippen MR) is 127 cm³/mol. The molecule has 4 fully saturated rings. The Bertz CT molecular complexity index is 1250. The number of rotatable bonds is 5. The minimum absolute atomic E-state index is 0.244. The SMILES string of the molecule is Fc1ccnc(N2C[C@@H]3C(c4noc(CCl)n4)[C@@H]3C2)c1.O/N=C/C1[C@H]2CN(c3cc(F)ccn3)C[C@@H]12. The van der Waals surface area contributed by atoms with Gasteiger partial charge in [0, 0.05) is 68.8 Å². The monoisotopic (exact) mass is 515 g/mol. The maximum absolute atomic E-state index is 13.2.